The predicted octanol–water partition coefficient (Wildman–Crippen LogP) is 2.24. The molecule has 150 valence electrons. The summed E-state index contributed by atoms with van der Waals surface area (Å²) in [5.41, 5.74) is 1.50. The molecule has 1 unspecified atom stereocenters. The number of carbonyl (C=O) groups is 1. The maximum absolute atomic E-state index is 11.9. The Morgan fingerprint density at radius 3 is 2.25 bits per heavy atom. The first-order valence-corrected chi connectivity index (χ1v) is 11.2. The normalized spacial score (nSPS) is 17.8. The maximum Gasteiger partial charge on any atom is 0.219 e. The van der Waals surface area contributed by atoms with Crippen LogP contribution in [0.3, 0.4) is 0 Å². The molecule has 1 aromatic heterocycles. The minimum Gasteiger partial charge on any atom is -0.351 e. The lowest BCUT2D eigenvalue weighted by atomic mass is 9.99. The molecule has 8 heteroatoms. The molecule has 0 aliphatic carbocycles. The smallest absolute Gasteiger partial charge is 0.219 e. The molecule has 1 amide bonds. The number of anilines is 1. The van der Waals surface area contributed by atoms with Gasteiger partial charge in [0.15, 0.2) is 15.7 Å². The summed E-state index contributed by atoms with van der Waals surface area (Å²) < 4.78 is 23.2. The van der Waals surface area contributed by atoms with Crippen LogP contribution < -0.4 is 4.90 Å². The average molecular weight is 403 g/mol. The van der Waals surface area contributed by atoms with E-state index in [0.29, 0.717) is 18.2 Å². The number of sulfone groups is 1. The van der Waals surface area contributed by atoms with Crippen molar-refractivity contribution in [3.05, 3.63) is 36.4 Å². The van der Waals surface area contributed by atoms with E-state index in [-0.39, 0.29) is 16.8 Å². The van der Waals surface area contributed by atoms with Crippen LogP contribution in [0.25, 0.3) is 11.3 Å². The fourth-order valence-electron chi connectivity index (χ4n) is 3.50. The van der Waals surface area contributed by atoms with Gasteiger partial charge in [-0.1, -0.05) is 26.0 Å². The number of carbonyl (C=O) groups excluding carboxylic acids is 1. The number of hydrogen-bond donors (Lipinski definition) is 0. The topological polar surface area (TPSA) is 83.5 Å². The van der Waals surface area contributed by atoms with Crippen LogP contribution >= 0.6 is 0 Å². The van der Waals surface area contributed by atoms with Gasteiger partial charge < -0.3 is 9.80 Å². The Labute approximate surface area is 166 Å². The zero-order chi connectivity index (χ0) is 20.5. The third kappa shape index (κ3) is 4.32. The standard InChI is InChI=1S/C20H26N4O3S/c1-14(2)19-13-23(11-12-24(19)15(3)25)20-10-9-18(21-22-20)16-5-7-17(8-6-16)28(4,26)27/h5-10,14,19H,11-13H2,1-4H3. The minimum atomic E-state index is -3.22. The Bertz CT molecular complexity index is 940. The number of amides is 1. The number of piperazine rings is 1. The summed E-state index contributed by atoms with van der Waals surface area (Å²) in [7, 11) is -3.22. The zero-order valence-electron chi connectivity index (χ0n) is 16.7. The third-order valence-corrected chi connectivity index (χ3v) is 6.27. The van der Waals surface area contributed by atoms with Crippen molar-refractivity contribution in [2.45, 2.75) is 31.7 Å². The highest BCUT2D eigenvalue weighted by Crippen LogP contribution is 2.24. The summed E-state index contributed by atoms with van der Waals surface area (Å²) in [6.45, 7) is 8.00. The summed E-state index contributed by atoms with van der Waals surface area (Å²) in [4.78, 5) is 16.3. The van der Waals surface area contributed by atoms with E-state index in [9.17, 15) is 13.2 Å². The summed E-state index contributed by atoms with van der Waals surface area (Å²) >= 11 is 0. The second kappa shape index (κ2) is 7.87. The lowest BCUT2D eigenvalue weighted by molar-refractivity contribution is -0.132. The van der Waals surface area contributed by atoms with Gasteiger partial charge in [0, 0.05) is 38.4 Å². The first kappa shape index (κ1) is 20.3. The monoisotopic (exact) mass is 402 g/mol. The van der Waals surface area contributed by atoms with Gasteiger partial charge in [-0.2, -0.15) is 0 Å². The van der Waals surface area contributed by atoms with Crippen molar-refractivity contribution in [2.24, 2.45) is 5.92 Å². The van der Waals surface area contributed by atoms with E-state index in [1.807, 2.05) is 17.0 Å². The molecule has 1 fully saturated rings. The fraction of sp³-hybridized carbons (Fsp3) is 0.450. The van der Waals surface area contributed by atoms with E-state index < -0.39 is 9.84 Å². The SMILES string of the molecule is CC(=O)N1CCN(c2ccc(-c3ccc(S(C)(=O)=O)cc3)nn2)CC1C(C)C. The zero-order valence-corrected chi connectivity index (χ0v) is 17.5. The first-order chi connectivity index (χ1) is 13.2. The lowest BCUT2D eigenvalue weighted by Crippen LogP contribution is -2.57. The molecule has 2 heterocycles. The van der Waals surface area contributed by atoms with Gasteiger partial charge in [-0.25, -0.2) is 8.42 Å². The van der Waals surface area contributed by atoms with E-state index in [2.05, 4.69) is 28.9 Å². The van der Waals surface area contributed by atoms with Crippen LogP contribution in [-0.4, -0.2) is 61.4 Å². The van der Waals surface area contributed by atoms with Gasteiger partial charge in [0.2, 0.25) is 5.91 Å². The van der Waals surface area contributed by atoms with Gasteiger partial charge in [-0.05, 0) is 30.2 Å². The highest BCUT2D eigenvalue weighted by atomic mass is 32.2. The van der Waals surface area contributed by atoms with E-state index in [1.54, 1.807) is 31.2 Å². The summed E-state index contributed by atoms with van der Waals surface area (Å²) in [5.74, 6) is 1.25. The molecule has 1 aliphatic heterocycles. The van der Waals surface area contributed by atoms with Crippen molar-refractivity contribution in [3.8, 4) is 11.3 Å². The van der Waals surface area contributed by atoms with Crippen molar-refractivity contribution in [1.82, 2.24) is 15.1 Å². The highest BCUT2D eigenvalue weighted by molar-refractivity contribution is 7.90. The molecular formula is C20H26N4O3S. The van der Waals surface area contributed by atoms with E-state index >= 15 is 0 Å². The van der Waals surface area contributed by atoms with Crippen molar-refractivity contribution in [2.75, 3.05) is 30.8 Å². The minimum absolute atomic E-state index is 0.109. The van der Waals surface area contributed by atoms with Crippen LogP contribution in [0.1, 0.15) is 20.8 Å². The molecule has 0 N–H and O–H groups in total. The number of rotatable bonds is 4. The molecule has 0 saturated carbocycles. The molecule has 0 spiro atoms. The molecule has 0 radical (unpaired) electrons. The molecule has 1 aliphatic rings. The summed E-state index contributed by atoms with van der Waals surface area (Å²) in [6.07, 6.45) is 1.19. The number of aromatic nitrogens is 2. The number of nitrogens with zero attached hydrogens (tertiary/aromatic N) is 4. The van der Waals surface area contributed by atoms with Gasteiger partial charge in [0.1, 0.15) is 0 Å². The second-order valence-corrected chi connectivity index (χ2v) is 9.56. The van der Waals surface area contributed by atoms with Gasteiger partial charge in [0.25, 0.3) is 0 Å². The Kier molecular flexibility index (Phi) is 5.69. The molecule has 1 saturated heterocycles. The lowest BCUT2D eigenvalue weighted by Gasteiger charge is -2.43. The quantitative estimate of drug-likeness (QED) is 0.780. The Balaban J connectivity index is 1.76. The largest absolute Gasteiger partial charge is 0.351 e. The van der Waals surface area contributed by atoms with Crippen LogP contribution in [0.5, 0.6) is 0 Å². The summed E-state index contributed by atoms with van der Waals surface area (Å²) in [5, 5.41) is 8.69. The van der Waals surface area contributed by atoms with Crippen LogP contribution in [0.2, 0.25) is 0 Å². The van der Waals surface area contributed by atoms with Crippen LogP contribution in [0.15, 0.2) is 41.3 Å². The number of benzene rings is 1. The van der Waals surface area contributed by atoms with E-state index in [4.69, 9.17) is 0 Å². The van der Waals surface area contributed by atoms with E-state index in [0.717, 1.165) is 24.5 Å². The van der Waals surface area contributed by atoms with Crippen molar-refractivity contribution in [1.29, 1.82) is 0 Å². The van der Waals surface area contributed by atoms with Gasteiger partial charge in [-0.3, -0.25) is 4.79 Å². The van der Waals surface area contributed by atoms with Crippen LogP contribution in [0, 0.1) is 5.92 Å². The average Bonchev–Trinajstić information content (AvgIpc) is 2.67. The molecular weight excluding hydrogens is 376 g/mol. The molecule has 1 atom stereocenters. The van der Waals surface area contributed by atoms with Crippen molar-refractivity contribution in [3.63, 3.8) is 0 Å². The van der Waals surface area contributed by atoms with Crippen molar-refractivity contribution < 1.29 is 13.2 Å². The molecule has 3 rings (SSSR count). The summed E-state index contributed by atoms with van der Waals surface area (Å²) in [6, 6.07) is 10.6. The predicted molar refractivity (Wildman–Crippen MR) is 109 cm³/mol. The highest BCUT2D eigenvalue weighted by Gasteiger charge is 2.31. The molecule has 2 aromatic rings. The third-order valence-electron chi connectivity index (χ3n) is 5.15. The van der Waals surface area contributed by atoms with Gasteiger partial charge in [0.05, 0.1) is 16.6 Å². The van der Waals surface area contributed by atoms with Gasteiger partial charge in [-0.15, -0.1) is 10.2 Å². The van der Waals surface area contributed by atoms with E-state index in [1.165, 1.54) is 6.26 Å². The Morgan fingerprint density at radius 2 is 1.75 bits per heavy atom. The molecule has 28 heavy (non-hydrogen) atoms. The van der Waals surface area contributed by atoms with Crippen LogP contribution in [-0.2, 0) is 14.6 Å². The maximum atomic E-state index is 11.9. The van der Waals surface area contributed by atoms with Gasteiger partial charge >= 0.3 is 0 Å². The molecule has 7 nitrogen and oxygen atoms in total. The Hall–Kier alpha value is -2.48. The second-order valence-electron chi connectivity index (χ2n) is 7.54. The number of hydrogen-bond acceptors (Lipinski definition) is 6. The Morgan fingerprint density at radius 1 is 1.07 bits per heavy atom. The van der Waals surface area contributed by atoms with Crippen molar-refractivity contribution >= 4 is 21.6 Å². The fourth-order valence-corrected chi connectivity index (χ4v) is 4.13. The first-order valence-electron chi connectivity index (χ1n) is 9.33. The van der Waals surface area contributed by atoms with Crippen LogP contribution in [0.4, 0.5) is 5.82 Å². The molecule has 1 aromatic carbocycles. The molecule has 0 bridgehead atoms.